The lowest BCUT2D eigenvalue weighted by Gasteiger charge is -2.01. The van der Waals surface area contributed by atoms with Crippen LogP contribution in [0.25, 0.3) is 0 Å². The number of carbonyl (C=O) groups excluding carboxylic acids is 1. The molecule has 0 fully saturated rings. The van der Waals surface area contributed by atoms with E-state index in [1.54, 1.807) is 0 Å². The molecule has 0 spiro atoms. The first-order valence-electron chi connectivity index (χ1n) is 4.19. The summed E-state index contributed by atoms with van der Waals surface area (Å²) < 4.78 is 4.77. The van der Waals surface area contributed by atoms with Gasteiger partial charge < -0.3 is 9.84 Å². The first-order chi connectivity index (χ1) is 7.13. The molecule has 1 aromatic rings. The molecular weight excluding hydrogens is 202 g/mol. The number of nitro benzene ring substituents is 1. The second kappa shape index (κ2) is 5.06. The molecule has 0 saturated carbocycles. The SMILES string of the molecule is O=C(CCO)Oc1ccc([N+](=O)[O-])cc1. The summed E-state index contributed by atoms with van der Waals surface area (Å²) in [6, 6.07) is 5.13. The van der Waals surface area contributed by atoms with Crippen LogP contribution >= 0.6 is 0 Å². The van der Waals surface area contributed by atoms with E-state index in [-0.39, 0.29) is 24.5 Å². The molecule has 0 radical (unpaired) electrons. The second-order valence-corrected chi connectivity index (χ2v) is 2.70. The van der Waals surface area contributed by atoms with Crippen LogP contribution in [0, 0.1) is 10.1 Å². The normalized spacial score (nSPS) is 9.67. The predicted molar refractivity (Wildman–Crippen MR) is 50.4 cm³/mol. The molecule has 0 aromatic heterocycles. The van der Waals surface area contributed by atoms with Gasteiger partial charge in [0, 0.05) is 12.1 Å². The van der Waals surface area contributed by atoms with Crippen LogP contribution < -0.4 is 4.74 Å². The zero-order valence-electron chi connectivity index (χ0n) is 7.75. The molecule has 0 aliphatic heterocycles. The average Bonchev–Trinajstić information content (AvgIpc) is 2.18. The third kappa shape index (κ3) is 3.35. The zero-order valence-corrected chi connectivity index (χ0v) is 7.75. The van der Waals surface area contributed by atoms with Gasteiger partial charge in [-0.15, -0.1) is 0 Å². The van der Waals surface area contributed by atoms with Crippen LogP contribution in [0.4, 0.5) is 5.69 Å². The third-order valence-electron chi connectivity index (χ3n) is 1.60. The number of hydrogen-bond acceptors (Lipinski definition) is 5. The molecule has 0 saturated heterocycles. The molecule has 0 aliphatic rings. The summed E-state index contributed by atoms with van der Waals surface area (Å²) in [7, 11) is 0. The zero-order chi connectivity index (χ0) is 11.3. The van der Waals surface area contributed by atoms with Gasteiger partial charge in [0.05, 0.1) is 18.0 Å². The first kappa shape index (κ1) is 11.1. The number of benzene rings is 1. The average molecular weight is 211 g/mol. The van der Waals surface area contributed by atoms with Crippen molar-refractivity contribution in [2.45, 2.75) is 6.42 Å². The van der Waals surface area contributed by atoms with E-state index in [4.69, 9.17) is 9.84 Å². The second-order valence-electron chi connectivity index (χ2n) is 2.70. The van der Waals surface area contributed by atoms with Crippen LogP contribution in [0.3, 0.4) is 0 Å². The number of nitrogens with zero attached hydrogens (tertiary/aromatic N) is 1. The van der Waals surface area contributed by atoms with Gasteiger partial charge in [0.15, 0.2) is 0 Å². The fraction of sp³-hybridized carbons (Fsp3) is 0.222. The van der Waals surface area contributed by atoms with Crippen LogP contribution in [-0.4, -0.2) is 22.6 Å². The Hall–Kier alpha value is -1.95. The molecule has 6 heteroatoms. The molecule has 15 heavy (non-hydrogen) atoms. The van der Waals surface area contributed by atoms with Crippen LogP contribution in [0.5, 0.6) is 5.75 Å². The van der Waals surface area contributed by atoms with Gasteiger partial charge in [-0.05, 0) is 12.1 Å². The summed E-state index contributed by atoms with van der Waals surface area (Å²) >= 11 is 0. The molecular formula is C9H9NO5. The summed E-state index contributed by atoms with van der Waals surface area (Å²) in [6.45, 7) is -0.286. The van der Waals surface area contributed by atoms with Crippen molar-refractivity contribution in [2.24, 2.45) is 0 Å². The number of rotatable bonds is 4. The number of nitro groups is 1. The summed E-state index contributed by atoms with van der Waals surface area (Å²) in [4.78, 5) is 20.7. The van der Waals surface area contributed by atoms with Crippen molar-refractivity contribution < 1.29 is 19.6 Å². The Morgan fingerprint density at radius 2 is 2.00 bits per heavy atom. The maximum atomic E-state index is 10.9. The van der Waals surface area contributed by atoms with E-state index < -0.39 is 10.9 Å². The van der Waals surface area contributed by atoms with Crippen molar-refractivity contribution in [1.29, 1.82) is 0 Å². The molecule has 1 N–H and O–H groups in total. The van der Waals surface area contributed by atoms with E-state index in [9.17, 15) is 14.9 Å². The number of ether oxygens (including phenoxy) is 1. The van der Waals surface area contributed by atoms with E-state index in [1.165, 1.54) is 24.3 Å². The fourth-order valence-electron chi connectivity index (χ4n) is 0.910. The van der Waals surface area contributed by atoms with Gasteiger partial charge in [-0.3, -0.25) is 14.9 Å². The number of aliphatic hydroxyl groups is 1. The Balaban J connectivity index is 2.64. The third-order valence-corrected chi connectivity index (χ3v) is 1.60. The largest absolute Gasteiger partial charge is 0.426 e. The molecule has 1 aromatic carbocycles. The van der Waals surface area contributed by atoms with E-state index in [0.717, 1.165) is 0 Å². The lowest BCUT2D eigenvalue weighted by molar-refractivity contribution is -0.384. The quantitative estimate of drug-likeness (QED) is 0.345. The monoisotopic (exact) mass is 211 g/mol. The van der Waals surface area contributed by atoms with Crippen LogP contribution in [0.1, 0.15) is 6.42 Å². The van der Waals surface area contributed by atoms with Crippen molar-refractivity contribution in [3.63, 3.8) is 0 Å². The van der Waals surface area contributed by atoms with Crippen LogP contribution in [-0.2, 0) is 4.79 Å². The number of esters is 1. The van der Waals surface area contributed by atoms with Crippen molar-refractivity contribution in [3.05, 3.63) is 34.4 Å². The lowest BCUT2D eigenvalue weighted by atomic mass is 10.3. The predicted octanol–water partition coefficient (Wildman–Crippen LogP) is 0.883. The van der Waals surface area contributed by atoms with Crippen molar-refractivity contribution in [3.8, 4) is 5.75 Å². The maximum Gasteiger partial charge on any atom is 0.313 e. The van der Waals surface area contributed by atoms with Gasteiger partial charge in [-0.25, -0.2) is 0 Å². The van der Waals surface area contributed by atoms with Gasteiger partial charge in [-0.2, -0.15) is 0 Å². The minimum Gasteiger partial charge on any atom is -0.426 e. The van der Waals surface area contributed by atoms with Crippen LogP contribution in [0.2, 0.25) is 0 Å². The minimum absolute atomic E-state index is 0.0723. The molecule has 0 heterocycles. The van der Waals surface area contributed by atoms with E-state index in [1.807, 2.05) is 0 Å². The van der Waals surface area contributed by atoms with Gasteiger partial charge in [-0.1, -0.05) is 0 Å². The summed E-state index contributed by atoms with van der Waals surface area (Å²) in [5.74, 6) is -0.356. The molecule has 80 valence electrons. The molecule has 0 unspecified atom stereocenters. The number of aliphatic hydroxyl groups excluding tert-OH is 1. The topological polar surface area (TPSA) is 89.7 Å². The smallest absolute Gasteiger partial charge is 0.313 e. The number of non-ortho nitro benzene ring substituents is 1. The summed E-state index contributed by atoms with van der Waals surface area (Å²) in [5.41, 5.74) is -0.0723. The highest BCUT2D eigenvalue weighted by Crippen LogP contribution is 2.17. The minimum atomic E-state index is -0.577. The van der Waals surface area contributed by atoms with E-state index in [2.05, 4.69) is 0 Å². The maximum absolute atomic E-state index is 10.9. The number of carbonyl (C=O) groups is 1. The van der Waals surface area contributed by atoms with E-state index >= 15 is 0 Å². The van der Waals surface area contributed by atoms with Gasteiger partial charge in [0.25, 0.3) is 5.69 Å². The molecule has 6 nitrogen and oxygen atoms in total. The van der Waals surface area contributed by atoms with Crippen LogP contribution in [0.15, 0.2) is 24.3 Å². The number of hydrogen-bond donors (Lipinski definition) is 1. The molecule has 0 bridgehead atoms. The highest BCUT2D eigenvalue weighted by Gasteiger charge is 2.07. The molecule has 1 rings (SSSR count). The standard InChI is InChI=1S/C9H9NO5/c11-6-5-9(12)15-8-3-1-7(2-4-8)10(13)14/h1-4,11H,5-6H2. The van der Waals surface area contributed by atoms with Crippen molar-refractivity contribution in [2.75, 3.05) is 6.61 Å². The Bertz CT molecular complexity index is 359. The van der Waals surface area contributed by atoms with Crippen molar-refractivity contribution in [1.82, 2.24) is 0 Å². The lowest BCUT2D eigenvalue weighted by Crippen LogP contribution is -2.09. The fourth-order valence-corrected chi connectivity index (χ4v) is 0.910. The first-order valence-corrected chi connectivity index (χ1v) is 4.19. The molecule has 0 aliphatic carbocycles. The summed E-state index contributed by atoms with van der Waals surface area (Å²) in [5, 5.41) is 18.7. The van der Waals surface area contributed by atoms with Gasteiger partial charge in [0.1, 0.15) is 5.75 Å². The van der Waals surface area contributed by atoms with Gasteiger partial charge in [0.2, 0.25) is 0 Å². The Morgan fingerprint density at radius 3 is 2.47 bits per heavy atom. The highest BCUT2D eigenvalue weighted by molar-refractivity contribution is 5.72. The Labute approximate surface area is 85.2 Å². The Morgan fingerprint density at radius 1 is 1.40 bits per heavy atom. The molecule has 0 amide bonds. The molecule has 0 atom stereocenters. The van der Waals surface area contributed by atoms with Gasteiger partial charge >= 0.3 is 5.97 Å². The van der Waals surface area contributed by atoms with E-state index in [0.29, 0.717) is 0 Å². The highest BCUT2D eigenvalue weighted by atomic mass is 16.6. The summed E-state index contributed by atoms with van der Waals surface area (Å²) in [6.07, 6.45) is -0.100. The Kier molecular flexibility index (Phi) is 3.75. The van der Waals surface area contributed by atoms with Crippen molar-refractivity contribution >= 4 is 11.7 Å².